The van der Waals surface area contributed by atoms with Crippen LogP contribution < -0.4 is 5.32 Å². The van der Waals surface area contributed by atoms with Crippen LogP contribution in [0.15, 0.2) is 78.1 Å². The summed E-state index contributed by atoms with van der Waals surface area (Å²) in [5, 5.41) is 4.15. The number of aromatic amines is 1. The lowest BCUT2D eigenvalue weighted by Crippen LogP contribution is -2.11. The lowest BCUT2D eigenvalue weighted by molar-refractivity contribution is 0.102. The van der Waals surface area contributed by atoms with Crippen LogP contribution in [0.2, 0.25) is 0 Å². The van der Waals surface area contributed by atoms with Crippen molar-refractivity contribution in [3.8, 4) is 0 Å². The van der Waals surface area contributed by atoms with Crippen LogP contribution >= 0.6 is 11.9 Å². The number of amides is 1. The molecule has 0 saturated heterocycles. The topological polar surface area (TPSA) is 49.8 Å². The molecule has 28 heavy (non-hydrogen) atoms. The van der Waals surface area contributed by atoms with E-state index in [1.807, 2.05) is 40.8 Å². The molecule has 0 fully saturated rings. The summed E-state index contributed by atoms with van der Waals surface area (Å²) in [6.07, 6.45) is 6.75. The number of rotatable bonds is 6. The van der Waals surface area contributed by atoms with Crippen molar-refractivity contribution in [2.45, 2.75) is 25.2 Å². The van der Waals surface area contributed by atoms with E-state index < -0.39 is 0 Å². The van der Waals surface area contributed by atoms with E-state index in [0.29, 0.717) is 11.5 Å². The first-order valence-corrected chi connectivity index (χ1v) is 10.2. The zero-order valence-corrected chi connectivity index (χ0v) is 16.8. The van der Waals surface area contributed by atoms with Gasteiger partial charge in [0, 0.05) is 40.1 Å². The van der Waals surface area contributed by atoms with Gasteiger partial charge in [0.05, 0.1) is 5.56 Å². The Morgan fingerprint density at radius 2 is 1.93 bits per heavy atom. The highest BCUT2D eigenvalue weighted by Crippen LogP contribution is 2.25. The van der Waals surface area contributed by atoms with Crippen molar-refractivity contribution in [3.63, 3.8) is 0 Å². The van der Waals surface area contributed by atoms with Gasteiger partial charge < -0.3 is 10.3 Å². The second kappa shape index (κ2) is 7.98. The zero-order valence-electron chi connectivity index (χ0n) is 16.0. The smallest absolute Gasteiger partial charge is 0.257 e. The van der Waals surface area contributed by atoms with Gasteiger partial charge in [0.15, 0.2) is 0 Å². The van der Waals surface area contributed by atoms with Crippen LogP contribution in [0, 0.1) is 5.92 Å². The molecular formula is C23H23N3OS. The van der Waals surface area contributed by atoms with E-state index in [0.717, 1.165) is 22.5 Å². The molecule has 1 amide bonds. The molecule has 2 heterocycles. The Labute approximate surface area is 169 Å². The number of H-pyrrole nitrogens is 1. The number of carbonyl (C=O) groups excluding carboxylic acids is 1. The SMILES string of the molecule is CC(C)Cc1ccc(NC(=O)c2ccn(Sc3ccc4[nH]ccc4c3)c2)cc1. The van der Waals surface area contributed by atoms with Crippen LogP contribution in [-0.2, 0) is 6.42 Å². The maximum Gasteiger partial charge on any atom is 0.257 e. The summed E-state index contributed by atoms with van der Waals surface area (Å²) in [4.78, 5) is 16.9. The minimum absolute atomic E-state index is 0.1000. The van der Waals surface area contributed by atoms with Gasteiger partial charge in [-0.2, -0.15) is 0 Å². The van der Waals surface area contributed by atoms with Crippen molar-refractivity contribution in [3.05, 3.63) is 84.3 Å². The molecule has 2 aromatic carbocycles. The van der Waals surface area contributed by atoms with Gasteiger partial charge in [0.1, 0.15) is 0 Å². The van der Waals surface area contributed by atoms with Crippen LogP contribution in [0.3, 0.4) is 0 Å². The van der Waals surface area contributed by atoms with Crippen molar-refractivity contribution in [1.29, 1.82) is 0 Å². The van der Waals surface area contributed by atoms with Crippen molar-refractivity contribution < 1.29 is 4.79 Å². The predicted octanol–water partition coefficient (Wildman–Crippen LogP) is 5.98. The van der Waals surface area contributed by atoms with Gasteiger partial charge in [-0.1, -0.05) is 26.0 Å². The lowest BCUT2D eigenvalue weighted by Gasteiger charge is -2.07. The molecule has 0 aliphatic carbocycles. The van der Waals surface area contributed by atoms with Gasteiger partial charge in [-0.3, -0.25) is 8.77 Å². The fourth-order valence-corrected chi connectivity index (χ4v) is 4.02. The van der Waals surface area contributed by atoms with Crippen LogP contribution in [0.4, 0.5) is 5.69 Å². The summed E-state index contributed by atoms with van der Waals surface area (Å²) >= 11 is 1.58. The number of hydrogen-bond donors (Lipinski definition) is 2. The summed E-state index contributed by atoms with van der Waals surface area (Å²) in [6.45, 7) is 4.41. The molecule has 5 heteroatoms. The molecule has 0 aliphatic heterocycles. The molecule has 0 aliphatic rings. The van der Waals surface area contributed by atoms with Crippen LogP contribution in [0.25, 0.3) is 10.9 Å². The number of benzene rings is 2. The summed E-state index contributed by atoms with van der Waals surface area (Å²) in [7, 11) is 0. The highest BCUT2D eigenvalue weighted by atomic mass is 32.2. The normalized spacial score (nSPS) is 11.2. The van der Waals surface area contributed by atoms with Gasteiger partial charge in [-0.05, 0) is 72.3 Å². The van der Waals surface area contributed by atoms with Gasteiger partial charge >= 0.3 is 0 Å². The highest BCUT2D eigenvalue weighted by Gasteiger charge is 2.09. The number of carbonyl (C=O) groups is 1. The summed E-state index contributed by atoms with van der Waals surface area (Å²) in [5.41, 5.74) is 3.86. The minimum Gasteiger partial charge on any atom is -0.361 e. The number of fused-ring (bicyclic) bond motifs is 1. The molecule has 0 unspecified atom stereocenters. The van der Waals surface area contributed by atoms with E-state index in [1.165, 1.54) is 10.9 Å². The summed E-state index contributed by atoms with van der Waals surface area (Å²) < 4.78 is 1.95. The first-order valence-electron chi connectivity index (χ1n) is 9.40. The fraction of sp³-hybridized carbons (Fsp3) is 0.174. The van der Waals surface area contributed by atoms with E-state index in [9.17, 15) is 4.79 Å². The van der Waals surface area contributed by atoms with E-state index in [2.05, 4.69) is 60.5 Å². The van der Waals surface area contributed by atoms with Gasteiger partial charge in [-0.25, -0.2) is 0 Å². The van der Waals surface area contributed by atoms with Crippen molar-refractivity contribution >= 4 is 34.4 Å². The van der Waals surface area contributed by atoms with Crippen LogP contribution in [0.1, 0.15) is 29.8 Å². The number of nitrogens with zero attached hydrogens (tertiary/aromatic N) is 1. The van der Waals surface area contributed by atoms with Crippen LogP contribution in [0.5, 0.6) is 0 Å². The second-order valence-electron chi connectivity index (χ2n) is 7.33. The van der Waals surface area contributed by atoms with E-state index in [4.69, 9.17) is 0 Å². The molecule has 2 aromatic heterocycles. The maximum absolute atomic E-state index is 12.5. The predicted molar refractivity (Wildman–Crippen MR) is 117 cm³/mol. The average molecular weight is 390 g/mol. The molecule has 0 atom stereocenters. The monoisotopic (exact) mass is 389 g/mol. The standard InChI is InChI=1S/C23H23N3OS/c1-16(2)13-17-3-5-20(6-4-17)25-23(27)19-10-12-26(15-19)28-21-7-8-22-18(14-21)9-11-24-22/h3-12,14-16,24H,13H2,1-2H3,(H,25,27). The van der Waals surface area contributed by atoms with E-state index in [-0.39, 0.29) is 5.91 Å². The number of hydrogen-bond acceptors (Lipinski definition) is 2. The number of aromatic nitrogens is 2. The van der Waals surface area contributed by atoms with Crippen molar-refractivity contribution in [2.75, 3.05) is 5.32 Å². The third-order valence-corrected chi connectivity index (χ3v) is 5.42. The first kappa shape index (κ1) is 18.4. The number of nitrogens with one attached hydrogen (secondary N) is 2. The van der Waals surface area contributed by atoms with Crippen molar-refractivity contribution in [2.24, 2.45) is 5.92 Å². The van der Waals surface area contributed by atoms with Gasteiger partial charge in [0.2, 0.25) is 0 Å². The molecule has 0 bridgehead atoms. The Balaban J connectivity index is 1.41. The molecule has 142 valence electrons. The average Bonchev–Trinajstić information content (AvgIpc) is 3.32. The molecular weight excluding hydrogens is 366 g/mol. The highest BCUT2D eigenvalue weighted by molar-refractivity contribution is 7.97. The number of anilines is 1. The van der Waals surface area contributed by atoms with E-state index >= 15 is 0 Å². The lowest BCUT2D eigenvalue weighted by atomic mass is 10.0. The van der Waals surface area contributed by atoms with Gasteiger partial charge in [-0.15, -0.1) is 0 Å². The Morgan fingerprint density at radius 3 is 2.71 bits per heavy atom. The summed E-state index contributed by atoms with van der Waals surface area (Å²) in [5.74, 6) is 0.521. The zero-order chi connectivity index (χ0) is 19.5. The van der Waals surface area contributed by atoms with Gasteiger partial charge in [0.25, 0.3) is 5.91 Å². The summed E-state index contributed by atoms with van der Waals surface area (Å²) in [6, 6.07) is 18.3. The maximum atomic E-state index is 12.5. The molecule has 2 N–H and O–H groups in total. The quantitative estimate of drug-likeness (QED) is 0.426. The third kappa shape index (κ3) is 4.31. The Morgan fingerprint density at radius 1 is 1.11 bits per heavy atom. The third-order valence-electron chi connectivity index (χ3n) is 4.52. The van der Waals surface area contributed by atoms with E-state index in [1.54, 1.807) is 11.9 Å². The molecule has 0 spiro atoms. The first-order chi connectivity index (χ1) is 13.6. The molecule has 0 radical (unpaired) electrons. The Kier molecular flexibility index (Phi) is 5.26. The molecule has 4 aromatic rings. The molecule has 4 nitrogen and oxygen atoms in total. The van der Waals surface area contributed by atoms with Crippen LogP contribution in [-0.4, -0.2) is 14.9 Å². The van der Waals surface area contributed by atoms with Crippen molar-refractivity contribution in [1.82, 2.24) is 8.96 Å². The minimum atomic E-state index is -0.1000. The molecule has 4 rings (SSSR count). The largest absolute Gasteiger partial charge is 0.361 e. The second-order valence-corrected chi connectivity index (χ2v) is 8.40. The Bertz CT molecular complexity index is 1090. The molecule has 0 saturated carbocycles. The Hall–Kier alpha value is -2.92. The fourth-order valence-electron chi connectivity index (χ4n) is 3.18.